The summed E-state index contributed by atoms with van der Waals surface area (Å²) in [4.78, 5) is 11.1. The van der Waals surface area contributed by atoms with Crippen LogP contribution in [0.1, 0.15) is 32.1 Å². The zero-order valence-corrected chi connectivity index (χ0v) is 20.9. The van der Waals surface area contributed by atoms with Gasteiger partial charge in [0, 0.05) is 41.0 Å². The average molecular weight is 495 g/mol. The van der Waals surface area contributed by atoms with Crippen LogP contribution in [0.25, 0.3) is 22.5 Å². The van der Waals surface area contributed by atoms with E-state index < -0.39 is 15.8 Å². The molecule has 178 valence electrons. The fraction of sp³-hybridized carbons (Fsp3) is 0.409. The van der Waals surface area contributed by atoms with Crippen molar-refractivity contribution in [1.82, 2.24) is 24.6 Å². The van der Waals surface area contributed by atoms with E-state index in [1.165, 1.54) is 12.1 Å². The average Bonchev–Trinajstić information content (AvgIpc) is 3.15. The molecule has 0 aliphatic rings. The van der Waals surface area contributed by atoms with Gasteiger partial charge in [-0.3, -0.25) is 9.40 Å². The highest BCUT2D eigenvalue weighted by atomic mass is 35.5. The van der Waals surface area contributed by atoms with Crippen molar-refractivity contribution >= 4 is 27.3 Å². The predicted octanol–water partition coefficient (Wildman–Crippen LogP) is 4.25. The second kappa shape index (κ2) is 10.1. The first-order valence-electron chi connectivity index (χ1n) is 10.5. The van der Waals surface area contributed by atoms with Crippen LogP contribution in [0.5, 0.6) is 0 Å². The number of anilines is 1. The van der Waals surface area contributed by atoms with E-state index in [1.54, 1.807) is 23.1 Å². The summed E-state index contributed by atoms with van der Waals surface area (Å²) < 4.78 is 42.7. The molecule has 0 saturated carbocycles. The lowest BCUT2D eigenvalue weighted by molar-refractivity contribution is 0.398. The van der Waals surface area contributed by atoms with Crippen molar-refractivity contribution in [2.45, 2.75) is 32.7 Å². The van der Waals surface area contributed by atoms with Gasteiger partial charge in [0.15, 0.2) is 5.82 Å². The highest BCUT2D eigenvalue weighted by Crippen LogP contribution is 2.37. The van der Waals surface area contributed by atoms with Gasteiger partial charge in [0.05, 0.1) is 17.6 Å². The van der Waals surface area contributed by atoms with Crippen LogP contribution in [0.15, 0.2) is 30.6 Å². The number of sulfonamides is 1. The Labute approximate surface area is 198 Å². The van der Waals surface area contributed by atoms with Gasteiger partial charge in [-0.05, 0) is 59.1 Å². The smallest absolute Gasteiger partial charge is 0.229 e. The van der Waals surface area contributed by atoms with Gasteiger partial charge in [0.1, 0.15) is 11.5 Å². The van der Waals surface area contributed by atoms with Crippen molar-refractivity contribution in [3.05, 3.63) is 47.3 Å². The number of nitrogens with one attached hydrogen (secondary N) is 1. The second-order valence-electron chi connectivity index (χ2n) is 8.42. The maximum atomic E-state index is 15.4. The lowest BCUT2D eigenvalue weighted by atomic mass is 10.0. The van der Waals surface area contributed by atoms with E-state index in [9.17, 15) is 8.42 Å². The summed E-state index contributed by atoms with van der Waals surface area (Å²) in [7, 11) is 0.316. The normalized spacial score (nSPS) is 12.0. The van der Waals surface area contributed by atoms with Gasteiger partial charge < -0.3 is 4.90 Å². The van der Waals surface area contributed by atoms with Crippen molar-refractivity contribution in [1.29, 1.82) is 0 Å². The number of rotatable bonds is 9. The zero-order chi connectivity index (χ0) is 24.3. The highest BCUT2D eigenvalue weighted by molar-refractivity contribution is 7.92. The van der Waals surface area contributed by atoms with E-state index in [4.69, 9.17) is 11.6 Å². The lowest BCUT2D eigenvalue weighted by Gasteiger charge is -2.11. The van der Waals surface area contributed by atoms with Gasteiger partial charge in [0.25, 0.3) is 0 Å². The molecule has 1 N–H and O–H groups in total. The minimum absolute atomic E-state index is 0.00904. The highest BCUT2D eigenvalue weighted by Gasteiger charge is 2.22. The molecule has 0 aliphatic carbocycles. The van der Waals surface area contributed by atoms with E-state index in [-0.39, 0.29) is 22.3 Å². The largest absolute Gasteiger partial charge is 0.309 e. The molecule has 0 atom stereocenters. The van der Waals surface area contributed by atoms with E-state index in [0.29, 0.717) is 29.2 Å². The summed E-state index contributed by atoms with van der Waals surface area (Å²) in [6.07, 6.45) is 6.03. The van der Waals surface area contributed by atoms with Crippen LogP contribution in [0.4, 0.5) is 10.1 Å². The summed E-state index contributed by atoms with van der Waals surface area (Å²) in [5.41, 5.74) is 1.36. The summed E-state index contributed by atoms with van der Waals surface area (Å²) in [5, 5.41) is 4.76. The zero-order valence-electron chi connectivity index (χ0n) is 19.3. The molecule has 3 aromatic rings. The van der Waals surface area contributed by atoms with E-state index in [0.717, 1.165) is 19.2 Å². The fourth-order valence-corrected chi connectivity index (χ4v) is 4.07. The number of aryl methyl sites for hydroxylation is 1. The van der Waals surface area contributed by atoms with Crippen LogP contribution >= 0.6 is 11.6 Å². The Morgan fingerprint density at radius 3 is 2.61 bits per heavy atom. The van der Waals surface area contributed by atoms with E-state index in [1.807, 2.05) is 27.9 Å². The van der Waals surface area contributed by atoms with Gasteiger partial charge in [-0.25, -0.2) is 22.8 Å². The van der Waals surface area contributed by atoms with Crippen molar-refractivity contribution in [3.8, 4) is 22.5 Å². The van der Waals surface area contributed by atoms with Gasteiger partial charge >= 0.3 is 0 Å². The minimum atomic E-state index is -3.70. The van der Waals surface area contributed by atoms with Gasteiger partial charge in [-0.1, -0.05) is 11.6 Å². The van der Waals surface area contributed by atoms with Crippen LogP contribution in [0.2, 0.25) is 5.02 Å². The summed E-state index contributed by atoms with van der Waals surface area (Å²) in [6.45, 7) is 4.82. The van der Waals surface area contributed by atoms with E-state index >= 15 is 4.39 Å². The van der Waals surface area contributed by atoms with Gasteiger partial charge in [-0.15, -0.1) is 0 Å². The van der Waals surface area contributed by atoms with Crippen LogP contribution in [-0.4, -0.2) is 60.0 Å². The standard InChI is InChI=1S/C22H28ClFN6O2S/c1-14(2)30-13-17(18-8-9-25-20(26-18)7-6-10-29(3)4)22(27-30)16-11-15(23)12-19(21(16)24)28-33(5,31)32/h8-9,11-14,28H,6-7,10H2,1-5H3. The number of hydrogen-bond donors (Lipinski definition) is 1. The number of halogens is 2. The molecule has 0 fully saturated rings. The van der Waals surface area contributed by atoms with Crippen LogP contribution in [0.3, 0.4) is 0 Å². The summed E-state index contributed by atoms with van der Waals surface area (Å²) in [6, 6.07) is 4.42. The van der Waals surface area contributed by atoms with Gasteiger partial charge in [0.2, 0.25) is 10.0 Å². The molecule has 11 heteroatoms. The van der Waals surface area contributed by atoms with Crippen molar-refractivity contribution in [2.24, 2.45) is 0 Å². The maximum Gasteiger partial charge on any atom is 0.229 e. The molecule has 0 amide bonds. The molecule has 0 spiro atoms. The Morgan fingerprint density at radius 1 is 1.24 bits per heavy atom. The molecule has 0 bridgehead atoms. The molecule has 33 heavy (non-hydrogen) atoms. The molecule has 3 rings (SSSR count). The lowest BCUT2D eigenvalue weighted by Crippen LogP contribution is -2.14. The molecule has 1 aromatic carbocycles. The second-order valence-corrected chi connectivity index (χ2v) is 10.6. The third-order valence-electron chi connectivity index (χ3n) is 4.84. The van der Waals surface area contributed by atoms with Crippen molar-refractivity contribution in [2.75, 3.05) is 31.6 Å². The Morgan fingerprint density at radius 2 is 1.97 bits per heavy atom. The van der Waals surface area contributed by atoms with Crippen molar-refractivity contribution in [3.63, 3.8) is 0 Å². The molecular weight excluding hydrogens is 467 g/mol. The number of aromatic nitrogens is 4. The van der Waals surface area contributed by atoms with E-state index in [2.05, 4.69) is 24.7 Å². The fourth-order valence-electron chi connectivity index (χ4n) is 3.30. The monoisotopic (exact) mass is 494 g/mol. The third-order valence-corrected chi connectivity index (χ3v) is 5.64. The maximum absolute atomic E-state index is 15.4. The molecule has 0 radical (unpaired) electrons. The van der Waals surface area contributed by atoms with Gasteiger partial charge in [-0.2, -0.15) is 5.10 Å². The SMILES string of the molecule is CC(C)n1cc(-c2ccnc(CCCN(C)C)n2)c(-c2cc(Cl)cc(NS(C)(=O)=O)c2F)n1. The minimum Gasteiger partial charge on any atom is -0.309 e. The van der Waals surface area contributed by atoms with Crippen molar-refractivity contribution < 1.29 is 12.8 Å². The molecule has 2 heterocycles. The first-order valence-corrected chi connectivity index (χ1v) is 12.7. The first-order chi connectivity index (χ1) is 15.4. The quantitative estimate of drug-likeness (QED) is 0.478. The number of nitrogens with zero attached hydrogens (tertiary/aromatic N) is 5. The number of hydrogen-bond acceptors (Lipinski definition) is 6. The Kier molecular flexibility index (Phi) is 7.71. The molecular formula is C22H28ClFN6O2S. The molecule has 0 aliphatic heterocycles. The third kappa shape index (κ3) is 6.49. The number of benzene rings is 1. The van der Waals surface area contributed by atoms with Crippen LogP contribution in [-0.2, 0) is 16.4 Å². The van der Waals surface area contributed by atoms with Crippen LogP contribution in [0, 0.1) is 5.82 Å². The predicted molar refractivity (Wildman–Crippen MR) is 129 cm³/mol. The van der Waals surface area contributed by atoms with Crippen LogP contribution < -0.4 is 4.72 Å². The molecule has 0 saturated heterocycles. The first kappa shape index (κ1) is 25.1. The summed E-state index contributed by atoms with van der Waals surface area (Å²) >= 11 is 6.21. The topological polar surface area (TPSA) is 93.0 Å². The summed E-state index contributed by atoms with van der Waals surface area (Å²) in [5.74, 6) is -0.0797. The Balaban J connectivity index is 2.11. The Bertz CT molecular complexity index is 1240. The molecule has 0 unspecified atom stereocenters. The Hall–Kier alpha value is -2.56. The molecule has 2 aromatic heterocycles. The molecule has 8 nitrogen and oxygen atoms in total.